The summed E-state index contributed by atoms with van der Waals surface area (Å²) in [6, 6.07) is 2.74. The van der Waals surface area contributed by atoms with Gasteiger partial charge in [0.2, 0.25) is 0 Å². The van der Waals surface area contributed by atoms with Crippen LogP contribution >= 0.6 is 0 Å². The molecule has 0 aromatic carbocycles. The highest BCUT2D eigenvalue weighted by Crippen LogP contribution is 2.64. The molecule has 97 heavy (non-hydrogen) atoms. The molecule has 3 saturated carbocycles. The number of cyclic esters (lactones) is 3. The summed E-state index contributed by atoms with van der Waals surface area (Å²) in [5.74, 6) is -5.15. The molecule has 0 unspecified atom stereocenters. The second kappa shape index (κ2) is 27.9. The Kier molecular flexibility index (Phi) is 21.0. The first-order valence-corrected chi connectivity index (χ1v) is 35.0. The number of ether oxygens (including phenoxy) is 10. The molecular weight excluding hydrogens is 1250 g/mol. The number of hydrogen-bond acceptors (Lipinski definition) is 22. The number of carbonyl (C=O) groups excluding carboxylic acids is 5. The largest absolute Gasteiger partial charge is 0.457 e. The van der Waals surface area contributed by atoms with Gasteiger partial charge in [-0.1, -0.05) is 96.2 Å². The third-order valence-electron chi connectivity index (χ3n) is 24.7. The molecule has 23 heteroatoms. The molecule has 6 fully saturated rings. The Hall–Kier alpha value is -5.25. The Balaban J connectivity index is 0.000000149. The number of carbonyl (C=O) groups is 5. The average molecular weight is 1360 g/mol. The number of rotatable bonds is 8. The lowest BCUT2D eigenvalue weighted by molar-refractivity contribution is -0.172. The van der Waals surface area contributed by atoms with Crippen LogP contribution in [0.15, 0.2) is 89.7 Å². The first kappa shape index (κ1) is 73.0. The highest BCUT2D eigenvalue weighted by Gasteiger charge is 2.72. The van der Waals surface area contributed by atoms with Gasteiger partial charge in [-0.25, -0.2) is 19.2 Å². The second-order valence-corrected chi connectivity index (χ2v) is 30.3. The molecule has 3 saturated heterocycles. The van der Waals surface area contributed by atoms with Gasteiger partial charge in [0.05, 0.1) is 48.6 Å². The summed E-state index contributed by atoms with van der Waals surface area (Å²) in [5.41, 5.74) is 13.5. The van der Waals surface area contributed by atoms with Crippen molar-refractivity contribution in [2.45, 2.75) is 223 Å². The number of aromatic amines is 1. The molecule has 1 aromatic heterocycles. The Labute approximate surface area is 569 Å². The zero-order valence-corrected chi connectivity index (χ0v) is 58.5. The molecule has 536 valence electrons. The van der Waals surface area contributed by atoms with E-state index in [-0.39, 0.29) is 125 Å². The number of nitrogens with one attached hydrogen (secondary N) is 1. The van der Waals surface area contributed by atoms with Crippen LogP contribution in [0, 0.1) is 88.8 Å². The third-order valence-corrected chi connectivity index (χ3v) is 24.7. The van der Waals surface area contributed by atoms with Crippen molar-refractivity contribution in [2.75, 3.05) is 21.3 Å². The Morgan fingerprint density at radius 1 is 0.557 bits per heavy atom. The zero-order chi connectivity index (χ0) is 70.6. The fourth-order valence-corrected chi connectivity index (χ4v) is 19.7. The number of aromatic nitrogens is 1. The van der Waals surface area contributed by atoms with Crippen molar-refractivity contribution in [3.05, 3.63) is 95.4 Å². The summed E-state index contributed by atoms with van der Waals surface area (Å²) >= 11 is 0. The van der Waals surface area contributed by atoms with E-state index in [1.807, 2.05) is 98.8 Å². The van der Waals surface area contributed by atoms with Crippen molar-refractivity contribution in [3.8, 4) is 0 Å². The summed E-state index contributed by atoms with van der Waals surface area (Å²) in [7, 11) is 4.42. The van der Waals surface area contributed by atoms with Crippen molar-refractivity contribution in [3.63, 3.8) is 0 Å². The molecule has 12 aliphatic rings. The van der Waals surface area contributed by atoms with E-state index in [0.717, 1.165) is 16.7 Å². The van der Waals surface area contributed by atoms with Crippen LogP contribution in [0.3, 0.4) is 0 Å². The summed E-state index contributed by atoms with van der Waals surface area (Å²) in [4.78, 5) is 68.0. The molecule has 35 atom stereocenters. The predicted octanol–water partition coefficient (Wildman–Crippen LogP) is 4.96. The maximum Gasteiger partial charge on any atom is 0.355 e. The van der Waals surface area contributed by atoms with Crippen molar-refractivity contribution >= 4 is 29.7 Å². The minimum absolute atomic E-state index is 0.0320. The molecular formula is C74H105N3O20. The Morgan fingerprint density at radius 3 is 1.36 bits per heavy atom. The molecule has 0 amide bonds. The second-order valence-electron chi connectivity index (χ2n) is 30.3. The molecule has 6 aliphatic heterocycles. The van der Waals surface area contributed by atoms with Crippen LogP contribution < -0.4 is 11.5 Å². The van der Waals surface area contributed by atoms with Gasteiger partial charge in [0.15, 0.2) is 18.3 Å². The molecule has 0 radical (unpaired) electrons. The lowest BCUT2D eigenvalue weighted by Gasteiger charge is -2.48. The van der Waals surface area contributed by atoms with E-state index in [1.165, 1.54) is 21.3 Å². The number of aliphatic hydroxyl groups excluding tert-OH is 5. The van der Waals surface area contributed by atoms with Gasteiger partial charge in [-0.05, 0) is 89.7 Å². The molecule has 10 N–H and O–H groups in total. The summed E-state index contributed by atoms with van der Waals surface area (Å²) in [6.45, 7) is 22.3. The van der Waals surface area contributed by atoms with Crippen LogP contribution in [0.1, 0.15) is 113 Å². The van der Waals surface area contributed by atoms with Crippen LogP contribution in [0.2, 0.25) is 0 Å². The number of Topliss-reactive ketones (excluding diaryl/α,β-unsaturated/α-hetero) is 1. The van der Waals surface area contributed by atoms with Crippen molar-refractivity contribution in [2.24, 2.45) is 100 Å². The molecule has 13 rings (SSSR count). The lowest BCUT2D eigenvalue weighted by Crippen LogP contribution is -2.58. The van der Waals surface area contributed by atoms with Crippen LogP contribution in [-0.2, 0) is 66.5 Å². The maximum atomic E-state index is 13.4. The van der Waals surface area contributed by atoms with Crippen molar-refractivity contribution in [1.82, 2.24) is 4.98 Å². The van der Waals surface area contributed by atoms with Crippen LogP contribution in [0.4, 0.5) is 0 Å². The normalized spacial score (nSPS) is 49.5. The zero-order valence-electron chi connectivity index (χ0n) is 58.5. The lowest BCUT2D eigenvalue weighted by atomic mass is 9.57. The van der Waals surface area contributed by atoms with Crippen molar-refractivity contribution in [1.29, 1.82) is 0 Å². The van der Waals surface area contributed by atoms with Gasteiger partial charge >= 0.3 is 23.9 Å². The van der Waals surface area contributed by atoms with E-state index in [0.29, 0.717) is 18.5 Å². The molecule has 7 heterocycles. The van der Waals surface area contributed by atoms with E-state index in [1.54, 1.807) is 39.1 Å². The number of hydrogen-bond donors (Lipinski definition) is 8. The van der Waals surface area contributed by atoms with Crippen molar-refractivity contribution < 1.29 is 96.9 Å². The van der Waals surface area contributed by atoms with E-state index in [4.69, 9.17) is 58.8 Å². The van der Waals surface area contributed by atoms with E-state index in [9.17, 15) is 49.5 Å². The standard InChI is InChI=1S/C28H37NO8.C23H35NO6.C23H33NO6/c1-13-11-14(2)28-17(12-20(34-5)27(33)35-23(13)16(4)30)8-9-18-21(28)22(31)15(3)24(25(18)37-28)36-26(32)19-7-6-10-29-19;2*1-10-8-11(2)23-14(9-16(28-5)22(27)29-20(10)13(4)25)6-7-15-17(23)19(26)12(3)18(24)21(15)30-23/h6-11,13,15-18,20-25,29-31H,12H2,1-5H3;6-8,10,12-21,25-26H,9,24H2,1-5H3;6-8,10,12-18,20-21,25H,9,24H2,1-5H3/b14-11+;2*11-8+/t13-,15-,16-,17-,18-,20+,21+,22-,23+,24-,25-,28+;10-,12+,13-,14-,15-,16+,17+,18+,19-,20+,21-,23+;10-,12+,13-,14-,15-,16+,17+,18+,20+,21-,23+/m111/s1. The fourth-order valence-electron chi connectivity index (χ4n) is 19.7. The Bertz CT molecular complexity index is 3290. The molecule has 6 aliphatic carbocycles. The summed E-state index contributed by atoms with van der Waals surface area (Å²) in [6.07, 6.45) is 10.8. The van der Waals surface area contributed by atoms with E-state index < -0.39 is 120 Å². The van der Waals surface area contributed by atoms with Gasteiger partial charge in [-0.15, -0.1) is 0 Å². The van der Waals surface area contributed by atoms with Gasteiger partial charge in [0.25, 0.3) is 0 Å². The van der Waals surface area contributed by atoms with Crippen LogP contribution in [0.5, 0.6) is 0 Å². The summed E-state index contributed by atoms with van der Waals surface area (Å²) < 4.78 is 60.0. The maximum absolute atomic E-state index is 13.4. The molecule has 1 aromatic rings. The minimum Gasteiger partial charge on any atom is -0.457 e. The quantitative estimate of drug-likeness (QED) is 0.0969. The van der Waals surface area contributed by atoms with E-state index >= 15 is 0 Å². The number of nitrogens with two attached hydrogens (primary N) is 2. The monoisotopic (exact) mass is 1360 g/mol. The molecule has 12 bridgehead atoms. The average Bonchev–Trinajstić information content (AvgIpc) is 1.56. The number of aliphatic hydroxyl groups is 5. The highest BCUT2D eigenvalue weighted by molar-refractivity contribution is 5.89. The van der Waals surface area contributed by atoms with E-state index in [2.05, 4.69) is 23.2 Å². The van der Waals surface area contributed by atoms with Crippen LogP contribution in [0.25, 0.3) is 0 Å². The van der Waals surface area contributed by atoms with Gasteiger partial charge in [-0.3, -0.25) is 4.79 Å². The van der Waals surface area contributed by atoms with Gasteiger partial charge in [0, 0.05) is 122 Å². The van der Waals surface area contributed by atoms with Gasteiger partial charge in [-0.2, -0.15) is 0 Å². The molecule has 3 spiro atoms. The fraction of sp³-hybridized carbons (Fsp3) is 0.716. The SMILES string of the molecule is CO[C@H]1C[C@H]2C=C[C@H]3[C@H]4O[C@]2(/C(C)=C/[C@@H](C)[C@@H]([C@@H](C)O)OC1=O)[C@@H]3C(=O)[C@@H](C)[C@@H]4N.CO[C@H]1C[C@H]2C=C[C@H]3[C@H]4O[C@]2(/C(C)=C/[C@@H](C)[C@@H]([C@@H](C)O)OC1=O)[C@@H]3[C@H](O)[C@@H](C)[C@@H]4N.CO[C@H]1C[C@H]2C=C[C@H]3[C@H]4O[C@]2(/C(C)=C/[C@@H](C)[C@@H]([C@@H](C)O)OC1=O)[C@@H]3[C@H](O)[C@@H](C)[C@H]4OC(=O)c1ccc[nH]1. The number of H-pyrrole nitrogens is 1. The molecule has 23 nitrogen and oxygen atoms in total. The number of esters is 4. The first-order valence-electron chi connectivity index (χ1n) is 35.0. The number of methoxy groups -OCH3 is 3. The Morgan fingerprint density at radius 2 is 0.938 bits per heavy atom. The first-order chi connectivity index (χ1) is 45.9. The highest BCUT2D eigenvalue weighted by atomic mass is 16.6. The summed E-state index contributed by atoms with van der Waals surface area (Å²) in [5, 5.41) is 53.9. The smallest absolute Gasteiger partial charge is 0.355 e. The topological polar surface area (TPSA) is 347 Å². The predicted molar refractivity (Wildman–Crippen MR) is 352 cm³/mol. The van der Waals surface area contributed by atoms with Gasteiger partial charge < -0.3 is 89.4 Å². The van der Waals surface area contributed by atoms with Crippen LogP contribution in [-0.4, -0.2) is 202 Å². The van der Waals surface area contributed by atoms with Gasteiger partial charge in [0.1, 0.15) is 58.8 Å². The minimum atomic E-state index is -0.933. The number of ketones is 1. The third kappa shape index (κ3) is 12.0.